The molecule has 0 saturated heterocycles. The van der Waals surface area contributed by atoms with Crippen molar-refractivity contribution in [3.8, 4) is 0 Å². The zero-order chi connectivity index (χ0) is 18.2. The van der Waals surface area contributed by atoms with E-state index in [0.717, 1.165) is 37.5 Å². The van der Waals surface area contributed by atoms with Crippen LogP contribution in [0.4, 0.5) is 0 Å². The molecule has 0 unspecified atom stereocenters. The number of aliphatic imine (C=N–C) groups is 1. The fraction of sp³-hybridized carbons (Fsp3) is 0.238. The number of aromatic nitrogens is 1. The highest BCUT2D eigenvalue weighted by Gasteiger charge is 2.00. The fourth-order valence-electron chi connectivity index (χ4n) is 2.82. The van der Waals surface area contributed by atoms with E-state index in [0.29, 0.717) is 5.15 Å². The van der Waals surface area contributed by atoms with Crippen molar-refractivity contribution < 1.29 is 0 Å². The summed E-state index contributed by atoms with van der Waals surface area (Å²) in [7, 11) is 1.79. The average molecular weight is 367 g/mol. The Labute approximate surface area is 159 Å². The standard InChI is InChI=1S/C21H23ClN4/c1-23-21(25-13-11-17-7-9-20(22)26-15-17)24-12-10-16-6-8-18-4-2-3-5-19(18)14-16/h2-9,14-15H,10-13H2,1H3,(H2,23,24,25). The van der Waals surface area contributed by atoms with Crippen LogP contribution >= 0.6 is 11.6 Å². The molecule has 0 radical (unpaired) electrons. The molecule has 26 heavy (non-hydrogen) atoms. The Morgan fingerprint density at radius 1 is 0.923 bits per heavy atom. The number of pyridine rings is 1. The highest BCUT2D eigenvalue weighted by atomic mass is 35.5. The van der Waals surface area contributed by atoms with E-state index in [1.54, 1.807) is 13.2 Å². The normalized spacial score (nSPS) is 11.5. The van der Waals surface area contributed by atoms with Crippen LogP contribution in [0.5, 0.6) is 0 Å². The van der Waals surface area contributed by atoms with Crippen molar-refractivity contribution in [3.05, 3.63) is 77.1 Å². The van der Waals surface area contributed by atoms with Crippen LogP contribution in [0.15, 0.2) is 65.8 Å². The second-order valence-electron chi connectivity index (χ2n) is 6.10. The first-order chi connectivity index (χ1) is 12.7. The van der Waals surface area contributed by atoms with Crippen molar-refractivity contribution in [1.29, 1.82) is 0 Å². The van der Waals surface area contributed by atoms with Crippen LogP contribution in [0.1, 0.15) is 11.1 Å². The second kappa shape index (κ2) is 9.20. The number of benzene rings is 2. The minimum atomic E-state index is 0.521. The van der Waals surface area contributed by atoms with E-state index in [2.05, 4.69) is 63.1 Å². The third-order valence-electron chi connectivity index (χ3n) is 4.24. The van der Waals surface area contributed by atoms with Gasteiger partial charge in [0.1, 0.15) is 5.15 Å². The zero-order valence-corrected chi connectivity index (χ0v) is 15.6. The van der Waals surface area contributed by atoms with Crippen LogP contribution < -0.4 is 10.6 Å². The number of hydrogen-bond donors (Lipinski definition) is 2. The molecule has 0 bridgehead atoms. The van der Waals surface area contributed by atoms with Crippen molar-refractivity contribution in [2.75, 3.05) is 20.1 Å². The van der Waals surface area contributed by atoms with Gasteiger partial charge in [-0.25, -0.2) is 4.98 Å². The van der Waals surface area contributed by atoms with Crippen molar-refractivity contribution in [2.24, 2.45) is 4.99 Å². The number of halogens is 1. The van der Waals surface area contributed by atoms with E-state index < -0.39 is 0 Å². The third kappa shape index (κ3) is 5.20. The molecule has 5 heteroatoms. The van der Waals surface area contributed by atoms with Gasteiger partial charge >= 0.3 is 0 Å². The number of fused-ring (bicyclic) bond motifs is 1. The Balaban J connectivity index is 1.44. The maximum atomic E-state index is 5.80. The quantitative estimate of drug-likeness (QED) is 0.396. The predicted octanol–water partition coefficient (Wildman–Crippen LogP) is 3.84. The molecule has 0 aliphatic carbocycles. The molecule has 0 spiro atoms. The Kier molecular flexibility index (Phi) is 6.45. The van der Waals surface area contributed by atoms with Gasteiger partial charge in [-0.15, -0.1) is 0 Å². The summed E-state index contributed by atoms with van der Waals surface area (Å²) in [5, 5.41) is 9.77. The van der Waals surface area contributed by atoms with Gasteiger partial charge in [-0.3, -0.25) is 4.99 Å². The van der Waals surface area contributed by atoms with Crippen molar-refractivity contribution in [1.82, 2.24) is 15.6 Å². The van der Waals surface area contributed by atoms with Gasteiger partial charge < -0.3 is 10.6 Å². The molecule has 1 heterocycles. The Morgan fingerprint density at radius 3 is 2.31 bits per heavy atom. The summed E-state index contributed by atoms with van der Waals surface area (Å²) >= 11 is 5.80. The van der Waals surface area contributed by atoms with Gasteiger partial charge in [-0.05, 0) is 40.8 Å². The topological polar surface area (TPSA) is 49.3 Å². The summed E-state index contributed by atoms with van der Waals surface area (Å²) in [6.45, 7) is 1.62. The SMILES string of the molecule is CN=C(NCCc1ccc(Cl)nc1)NCCc1ccc2ccccc2c1. The van der Waals surface area contributed by atoms with Gasteiger partial charge in [-0.1, -0.05) is 60.1 Å². The van der Waals surface area contributed by atoms with Crippen LogP contribution in [0.25, 0.3) is 10.8 Å². The van der Waals surface area contributed by atoms with Gasteiger partial charge in [-0.2, -0.15) is 0 Å². The first kappa shape index (κ1) is 18.2. The minimum Gasteiger partial charge on any atom is -0.356 e. The second-order valence-corrected chi connectivity index (χ2v) is 6.48. The van der Waals surface area contributed by atoms with Gasteiger partial charge in [0.15, 0.2) is 5.96 Å². The minimum absolute atomic E-state index is 0.521. The largest absolute Gasteiger partial charge is 0.356 e. The van der Waals surface area contributed by atoms with E-state index in [1.165, 1.54) is 16.3 Å². The van der Waals surface area contributed by atoms with Crippen molar-refractivity contribution in [3.63, 3.8) is 0 Å². The Bertz CT molecular complexity index is 875. The molecule has 2 aromatic carbocycles. The summed E-state index contributed by atoms with van der Waals surface area (Å²) in [5.74, 6) is 0.813. The van der Waals surface area contributed by atoms with Crippen LogP contribution in [-0.4, -0.2) is 31.1 Å². The lowest BCUT2D eigenvalue weighted by Gasteiger charge is -2.12. The van der Waals surface area contributed by atoms with Crippen LogP contribution in [0, 0.1) is 0 Å². The number of rotatable bonds is 6. The molecule has 3 rings (SSSR count). The van der Waals surface area contributed by atoms with Crippen molar-refractivity contribution >= 4 is 28.3 Å². The predicted molar refractivity (Wildman–Crippen MR) is 110 cm³/mol. The summed E-state index contributed by atoms with van der Waals surface area (Å²) in [5.41, 5.74) is 2.47. The zero-order valence-electron chi connectivity index (χ0n) is 14.9. The molecular weight excluding hydrogens is 344 g/mol. The molecule has 0 fully saturated rings. The number of nitrogens with one attached hydrogen (secondary N) is 2. The lowest BCUT2D eigenvalue weighted by molar-refractivity contribution is 0.783. The molecule has 1 aromatic heterocycles. The molecule has 0 amide bonds. The number of nitrogens with zero attached hydrogens (tertiary/aromatic N) is 2. The monoisotopic (exact) mass is 366 g/mol. The lowest BCUT2D eigenvalue weighted by atomic mass is 10.1. The molecule has 4 nitrogen and oxygen atoms in total. The first-order valence-corrected chi connectivity index (χ1v) is 9.15. The molecule has 0 aliphatic heterocycles. The summed E-state index contributed by atoms with van der Waals surface area (Å²) in [6.07, 6.45) is 3.63. The third-order valence-corrected chi connectivity index (χ3v) is 4.46. The van der Waals surface area contributed by atoms with Crippen molar-refractivity contribution in [2.45, 2.75) is 12.8 Å². The molecule has 3 aromatic rings. The van der Waals surface area contributed by atoms with Crippen LogP contribution in [0.2, 0.25) is 5.15 Å². The van der Waals surface area contributed by atoms with Gasteiger partial charge in [0.25, 0.3) is 0 Å². The van der Waals surface area contributed by atoms with Crippen LogP contribution in [-0.2, 0) is 12.8 Å². The molecule has 2 N–H and O–H groups in total. The van der Waals surface area contributed by atoms with E-state index in [4.69, 9.17) is 11.6 Å². The summed E-state index contributed by atoms with van der Waals surface area (Å²) in [6, 6.07) is 18.9. The molecule has 0 atom stereocenters. The smallest absolute Gasteiger partial charge is 0.190 e. The van der Waals surface area contributed by atoms with Gasteiger partial charge in [0, 0.05) is 26.3 Å². The average Bonchev–Trinajstić information content (AvgIpc) is 2.68. The molecule has 0 aliphatic rings. The van der Waals surface area contributed by atoms with E-state index in [1.807, 2.05) is 12.1 Å². The summed E-state index contributed by atoms with van der Waals surface area (Å²) < 4.78 is 0. The Morgan fingerprint density at radius 2 is 1.62 bits per heavy atom. The molecule has 134 valence electrons. The van der Waals surface area contributed by atoms with Gasteiger partial charge in [0.05, 0.1) is 0 Å². The van der Waals surface area contributed by atoms with Crippen LogP contribution in [0.3, 0.4) is 0 Å². The van der Waals surface area contributed by atoms with E-state index in [9.17, 15) is 0 Å². The van der Waals surface area contributed by atoms with E-state index in [-0.39, 0.29) is 0 Å². The maximum Gasteiger partial charge on any atom is 0.190 e. The first-order valence-electron chi connectivity index (χ1n) is 8.77. The fourth-order valence-corrected chi connectivity index (χ4v) is 2.93. The van der Waals surface area contributed by atoms with E-state index >= 15 is 0 Å². The molecule has 0 saturated carbocycles. The highest BCUT2D eigenvalue weighted by molar-refractivity contribution is 6.29. The number of guanidine groups is 1. The van der Waals surface area contributed by atoms with Gasteiger partial charge in [0.2, 0.25) is 0 Å². The summed E-state index contributed by atoms with van der Waals surface area (Å²) in [4.78, 5) is 8.37. The Hall–Kier alpha value is -2.59. The maximum absolute atomic E-state index is 5.80. The lowest BCUT2D eigenvalue weighted by Crippen LogP contribution is -2.39. The molecular formula is C21H23ClN4. The number of hydrogen-bond acceptors (Lipinski definition) is 2. The highest BCUT2D eigenvalue weighted by Crippen LogP contribution is 2.15.